The van der Waals surface area contributed by atoms with Gasteiger partial charge < -0.3 is 10.3 Å². The molecule has 2 N–H and O–H groups in total. The number of benzene rings is 3. The number of hydrogen-bond acceptors (Lipinski definition) is 4. The van der Waals surface area contributed by atoms with Crippen molar-refractivity contribution in [3.63, 3.8) is 0 Å². The highest BCUT2D eigenvalue weighted by Crippen LogP contribution is 2.43. The maximum atomic E-state index is 6.60. The molecule has 0 saturated heterocycles. The highest BCUT2D eigenvalue weighted by Gasteiger charge is 2.24. The van der Waals surface area contributed by atoms with Crippen molar-refractivity contribution >= 4 is 28.6 Å². The third-order valence-corrected chi connectivity index (χ3v) is 6.21. The first kappa shape index (κ1) is 20.3. The second-order valence-electron chi connectivity index (χ2n) is 7.55. The van der Waals surface area contributed by atoms with Crippen molar-refractivity contribution in [3.8, 4) is 22.4 Å². The fourth-order valence-electron chi connectivity index (χ4n) is 4.14. The van der Waals surface area contributed by atoms with E-state index in [9.17, 15) is 0 Å². The molecule has 5 rings (SSSR count). The van der Waals surface area contributed by atoms with Gasteiger partial charge in [-0.25, -0.2) is 9.97 Å². The van der Waals surface area contributed by atoms with E-state index in [1.54, 1.807) is 11.8 Å². The van der Waals surface area contributed by atoms with Gasteiger partial charge in [0, 0.05) is 12.1 Å². The van der Waals surface area contributed by atoms with Crippen LogP contribution in [-0.4, -0.2) is 20.3 Å². The minimum absolute atomic E-state index is 0.522. The summed E-state index contributed by atoms with van der Waals surface area (Å²) >= 11 is 1.61. The number of aromatic nitrogens is 3. The van der Waals surface area contributed by atoms with Crippen LogP contribution < -0.4 is 5.73 Å². The molecule has 2 heterocycles. The molecule has 0 saturated carbocycles. The third-order valence-electron chi connectivity index (χ3n) is 5.48. The normalized spacial score (nSPS) is 11.2. The lowest BCUT2D eigenvalue weighted by Crippen LogP contribution is -2.04. The molecule has 0 aliphatic rings. The van der Waals surface area contributed by atoms with Crippen LogP contribution in [-0.2, 0) is 6.54 Å². The van der Waals surface area contributed by atoms with E-state index >= 15 is 0 Å². The van der Waals surface area contributed by atoms with Gasteiger partial charge in [0.15, 0.2) is 5.16 Å². The van der Waals surface area contributed by atoms with Crippen molar-refractivity contribution in [2.45, 2.75) is 18.6 Å². The van der Waals surface area contributed by atoms with E-state index in [1.165, 1.54) is 5.56 Å². The van der Waals surface area contributed by atoms with Crippen LogP contribution >= 0.6 is 11.8 Å². The van der Waals surface area contributed by atoms with Gasteiger partial charge in [-0.1, -0.05) is 110 Å². The van der Waals surface area contributed by atoms with E-state index in [0.29, 0.717) is 17.5 Å². The highest BCUT2D eigenvalue weighted by molar-refractivity contribution is 7.99. The van der Waals surface area contributed by atoms with Crippen LogP contribution in [0.2, 0.25) is 0 Å². The van der Waals surface area contributed by atoms with Gasteiger partial charge in [0.05, 0.1) is 11.1 Å². The van der Waals surface area contributed by atoms with Crippen LogP contribution in [0, 0.1) is 0 Å². The topological polar surface area (TPSA) is 56.7 Å². The van der Waals surface area contributed by atoms with Crippen molar-refractivity contribution in [3.05, 3.63) is 96.6 Å². The Morgan fingerprint density at radius 1 is 0.781 bits per heavy atom. The van der Waals surface area contributed by atoms with E-state index in [2.05, 4.69) is 89.3 Å². The van der Waals surface area contributed by atoms with Crippen molar-refractivity contribution < 1.29 is 0 Å². The Morgan fingerprint density at radius 2 is 1.38 bits per heavy atom. The van der Waals surface area contributed by atoms with Crippen LogP contribution in [0.5, 0.6) is 0 Å². The minimum atomic E-state index is 0.522. The number of nitrogen functional groups attached to an aromatic ring is 1. The fraction of sp³-hybridized carbons (Fsp3) is 0.111. The van der Waals surface area contributed by atoms with E-state index < -0.39 is 0 Å². The van der Waals surface area contributed by atoms with Crippen LogP contribution in [0.3, 0.4) is 0 Å². The molecular formula is C27H24N4S. The van der Waals surface area contributed by atoms with Gasteiger partial charge in [-0.2, -0.15) is 0 Å². The van der Waals surface area contributed by atoms with Crippen LogP contribution in [0.15, 0.2) is 96.2 Å². The van der Waals surface area contributed by atoms with E-state index in [1.807, 2.05) is 18.2 Å². The summed E-state index contributed by atoms with van der Waals surface area (Å²) in [6, 6.07) is 31.4. The van der Waals surface area contributed by atoms with Gasteiger partial charge in [-0.3, -0.25) is 0 Å². The first-order valence-electron chi connectivity index (χ1n) is 10.7. The van der Waals surface area contributed by atoms with Gasteiger partial charge in [0.2, 0.25) is 0 Å². The first-order valence-corrected chi connectivity index (χ1v) is 11.7. The maximum absolute atomic E-state index is 6.60. The van der Waals surface area contributed by atoms with Crippen molar-refractivity contribution in [1.29, 1.82) is 0 Å². The Morgan fingerprint density at radius 3 is 2.00 bits per heavy atom. The molecule has 0 bridgehead atoms. The summed E-state index contributed by atoms with van der Waals surface area (Å²) < 4.78 is 2.29. The summed E-state index contributed by atoms with van der Waals surface area (Å²) in [5.41, 5.74) is 13.1. The number of fused-ring (bicyclic) bond motifs is 1. The molecule has 3 aromatic carbocycles. The lowest BCUT2D eigenvalue weighted by molar-refractivity contribution is 0.821. The monoisotopic (exact) mass is 436 g/mol. The third kappa shape index (κ3) is 3.76. The Kier molecular flexibility index (Phi) is 5.65. The predicted octanol–water partition coefficient (Wildman–Crippen LogP) is 6.51. The van der Waals surface area contributed by atoms with Crippen molar-refractivity contribution in [1.82, 2.24) is 14.5 Å². The standard InChI is InChI=1S/C27H24N4S/c1-2-32-27-29-25(28)23-22(20-14-8-4-9-15-20)24(21-16-10-5-11-17-21)31(26(23)30-27)18-19-12-6-3-7-13-19/h3-17H,2,18H2,1H3,(H2,28,29,30). The highest BCUT2D eigenvalue weighted by atomic mass is 32.2. The lowest BCUT2D eigenvalue weighted by atomic mass is 9.99. The maximum Gasteiger partial charge on any atom is 0.191 e. The molecule has 0 spiro atoms. The molecule has 0 amide bonds. The Hall–Kier alpha value is -3.57. The van der Waals surface area contributed by atoms with Gasteiger partial charge in [0.25, 0.3) is 0 Å². The first-order chi connectivity index (χ1) is 15.8. The zero-order valence-electron chi connectivity index (χ0n) is 17.9. The molecule has 0 atom stereocenters. The van der Waals surface area contributed by atoms with E-state index in [-0.39, 0.29) is 0 Å². The van der Waals surface area contributed by atoms with Crippen molar-refractivity contribution in [2.75, 3.05) is 11.5 Å². The van der Waals surface area contributed by atoms with Gasteiger partial charge in [-0.05, 0) is 22.4 Å². The summed E-state index contributed by atoms with van der Waals surface area (Å²) in [5.74, 6) is 1.41. The van der Waals surface area contributed by atoms with E-state index in [0.717, 1.165) is 39.2 Å². The number of nitrogens with two attached hydrogens (primary N) is 1. The minimum Gasteiger partial charge on any atom is -0.383 e. The second-order valence-corrected chi connectivity index (χ2v) is 8.78. The second kappa shape index (κ2) is 8.89. The number of nitrogens with zero attached hydrogens (tertiary/aromatic N) is 3. The molecule has 32 heavy (non-hydrogen) atoms. The van der Waals surface area contributed by atoms with E-state index in [4.69, 9.17) is 10.7 Å². The molecule has 4 nitrogen and oxygen atoms in total. The quantitative estimate of drug-likeness (QED) is 0.244. The van der Waals surface area contributed by atoms with Crippen molar-refractivity contribution in [2.24, 2.45) is 0 Å². The molecule has 0 radical (unpaired) electrons. The van der Waals surface area contributed by atoms with Gasteiger partial charge in [-0.15, -0.1) is 0 Å². The lowest BCUT2D eigenvalue weighted by Gasteiger charge is -2.13. The summed E-state index contributed by atoms with van der Waals surface area (Å²) in [6.07, 6.45) is 0. The smallest absolute Gasteiger partial charge is 0.191 e. The Labute approximate surface area is 192 Å². The van der Waals surface area contributed by atoms with Crippen LogP contribution in [0.1, 0.15) is 12.5 Å². The molecule has 0 aliphatic carbocycles. The Balaban J connectivity index is 1.89. The SMILES string of the molecule is CCSc1nc(N)c2c(-c3ccccc3)c(-c3ccccc3)n(Cc3ccccc3)c2n1. The number of rotatable bonds is 6. The summed E-state index contributed by atoms with van der Waals surface area (Å²) in [5, 5.41) is 1.62. The average molecular weight is 437 g/mol. The summed E-state index contributed by atoms with van der Waals surface area (Å²) in [7, 11) is 0. The number of hydrogen-bond donors (Lipinski definition) is 1. The molecule has 0 aliphatic heterocycles. The van der Waals surface area contributed by atoms with Crippen LogP contribution in [0.25, 0.3) is 33.4 Å². The largest absolute Gasteiger partial charge is 0.383 e. The van der Waals surface area contributed by atoms with Crippen LogP contribution in [0.4, 0.5) is 5.82 Å². The van der Waals surface area contributed by atoms with Gasteiger partial charge >= 0.3 is 0 Å². The molecule has 5 aromatic rings. The van der Waals surface area contributed by atoms with Gasteiger partial charge in [0.1, 0.15) is 11.5 Å². The summed E-state index contributed by atoms with van der Waals surface area (Å²) in [6.45, 7) is 2.79. The number of thioether (sulfide) groups is 1. The molecule has 0 fully saturated rings. The average Bonchev–Trinajstić information content (AvgIpc) is 3.15. The zero-order chi connectivity index (χ0) is 21.9. The molecular weight excluding hydrogens is 412 g/mol. The Bertz CT molecular complexity index is 1350. The number of anilines is 1. The molecule has 5 heteroatoms. The predicted molar refractivity (Wildman–Crippen MR) is 135 cm³/mol. The fourth-order valence-corrected chi connectivity index (χ4v) is 4.71. The zero-order valence-corrected chi connectivity index (χ0v) is 18.7. The summed E-state index contributed by atoms with van der Waals surface area (Å²) in [4.78, 5) is 9.64. The molecule has 2 aromatic heterocycles. The molecule has 0 unspecified atom stereocenters. The molecule has 158 valence electrons.